The normalized spacial score (nSPS) is 21.2. The van der Waals surface area contributed by atoms with E-state index in [1.165, 1.54) is 5.39 Å². The quantitative estimate of drug-likeness (QED) is 0.329. The standard InChI is InChI=1S/C29H37N3O5/c1-19-15-26(35-2)24(22-9-11-30-28(19)22)18-32-12-10-21-17-25(32)23-8-7-20(29(33)31-34)16-27(23)37-14-6-4-3-5-13-36-21/h7-9,11,15-16,21,25,30,34H,3-6,10,12-14,17-18H2,1-2H3,(H,31,33)/t21-,25-/m0/s1. The number of piperidine rings is 1. The first-order valence-electron chi connectivity index (χ1n) is 13.3. The van der Waals surface area contributed by atoms with Crippen LogP contribution in [0.4, 0.5) is 0 Å². The Balaban J connectivity index is 1.54. The summed E-state index contributed by atoms with van der Waals surface area (Å²) in [5.41, 5.74) is 6.60. The maximum atomic E-state index is 12.2. The van der Waals surface area contributed by atoms with Crippen molar-refractivity contribution >= 4 is 16.8 Å². The summed E-state index contributed by atoms with van der Waals surface area (Å²) in [5.74, 6) is 1.04. The van der Waals surface area contributed by atoms with E-state index in [2.05, 4.69) is 28.9 Å². The molecule has 2 atom stereocenters. The maximum absolute atomic E-state index is 12.2. The number of aromatic amines is 1. The van der Waals surface area contributed by atoms with Gasteiger partial charge < -0.3 is 19.2 Å². The summed E-state index contributed by atoms with van der Waals surface area (Å²) in [6.07, 6.45) is 8.15. The first kappa shape index (κ1) is 25.6. The van der Waals surface area contributed by atoms with Crippen molar-refractivity contribution in [2.75, 3.05) is 26.9 Å². The highest BCUT2D eigenvalue weighted by atomic mass is 16.5. The first-order chi connectivity index (χ1) is 18.1. The molecule has 1 fully saturated rings. The van der Waals surface area contributed by atoms with Gasteiger partial charge >= 0.3 is 0 Å². The molecule has 2 aromatic carbocycles. The van der Waals surface area contributed by atoms with E-state index in [-0.39, 0.29) is 12.1 Å². The number of methoxy groups -OCH3 is 1. The minimum Gasteiger partial charge on any atom is -0.496 e. The Labute approximate surface area is 217 Å². The molecule has 0 aliphatic carbocycles. The van der Waals surface area contributed by atoms with Crippen LogP contribution in [0.1, 0.15) is 71.6 Å². The molecule has 3 aromatic rings. The molecule has 0 saturated carbocycles. The minimum atomic E-state index is -0.546. The van der Waals surface area contributed by atoms with Gasteiger partial charge in [-0.1, -0.05) is 12.5 Å². The maximum Gasteiger partial charge on any atom is 0.274 e. The van der Waals surface area contributed by atoms with Gasteiger partial charge in [-0.05, 0) is 68.9 Å². The van der Waals surface area contributed by atoms with Crippen molar-refractivity contribution in [3.63, 3.8) is 0 Å². The Hall–Kier alpha value is -3.07. The molecule has 2 aliphatic heterocycles. The molecule has 3 heterocycles. The van der Waals surface area contributed by atoms with Crippen molar-refractivity contribution in [2.45, 2.75) is 64.1 Å². The molecule has 0 unspecified atom stereocenters. The zero-order chi connectivity index (χ0) is 25.8. The highest BCUT2D eigenvalue weighted by Gasteiger charge is 2.33. The number of hydrogen-bond acceptors (Lipinski definition) is 6. The molecule has 2 aliphatic rings. The summed E-state index contributed by atoms with van der Waals surface area (Å²) in [4.78, 5) is 18.0. The van der Waals surface area contributed by atoms with Gasteiger partial charge in [-0.2, -0.15) is 0 Å². The molecule has 5 rings (SSSR count). The largest absolute Gasteiger partial charge is 0.496 e. The fraction of sp³-hybridized carbons (Fsp3) is 0.483. The molecule has 0 spiro atoms. The van der Waals surface area contributed by atoms with Crippen molar-refractivity contribution in [1.29, 1.82) is 0 Å². The van der Waals surface area contributed by atoms with Gasteiger partial charge in [0.25, 0.3) is 5.91 Å². The average Bonchev–Trinajstić information content (AvgIpc) is 3.42. The average molecular weight is 508 g/mol. The molecule has 8 heteroatoms. The third kappa shape index (κ3) is 5.46. The van der Waals surface area contributed by atoms with Crippen molar-refractivity contribution in [1.82, 2.24) is 15.4 Å². The van der Waals surface area contributed by atoms with Crippen LogP contribution in [0.5, 0.6) is 11.5 Å². The second kappa shape index (κ2) is 11.5. The number of ether oxygens (including phenoxy) is 3. The second-order valence-electron chi connectivity index (χ2n) is 10.1. The Kier molecular flexibility index (Phi) is 7.98. The lowest BCUT2D eigenvalue weighted by atomic mass is 9.90. The number of likely N-dealkylation sites (tertiary alicyclic amines) is 1. The molecule has 198 valence electrons. The Morgan fingerprint density at radius 3 is 2.84 bits per heavy atom. The van der Waals surface area contributed by atoms with Crippen molar-refractivity contribution in [2.24, 2.45) is 0 Å². The number of hydroxylamine groups is 1. The number of fused-ring (bicyclic) bond motifs is 5. The van der Waals surface area contributed by atoms with E-state index in [1.807, 2.05) is 12.3 Å². The number of benzene rings is 2. The van der Waals surface area contributed by atoms with Crippen LogP contribution < -0.4 is 15.0 Å². The van der Waals surface area contributed by atoms with Crippen LogP contribution in [0, 0.1) is 6.92 Å². The van der Waals surface area contributed by atoms with E-state index in [1.54, 1.807) is 24.7 Å². The van der Waals surface area contributed by atoms with Crippen LogP contribution in [0.2, 0.25) is 0 Å². The number of H-pyrrole nitrogens is 1. The number of nitrogens with zero attached hydrogens (tertiary/aromatic N) is 1. The van der Waals surface area contributed by atoms with Gasteiger partial charge in [-0.25, -0.2) is 5.48 Å². The van der Waals surface area contributed by atoms with E-state index in [9.17, 15) is 10.0 Å². The summed E-state index contributed by atoms with van der Waals surface area (Å²) in [6, 6.07) is 9.74. The number of nitrogens with one attached hydrogen (secondary N) is 2. The Bertz CT molecular complexity index is 1240. The summed E-state index contributed by atoms with van der Waals surface area (Å²) < 4.78 is 18.5. The van der Waals surface area contributed by atoms with E-state index >= 15 is 0 Å². The monoisotopic (exact) mass is 507 g/mol. The van der Waals surface area contributed by atoms with Gasteiger partial charge in [-0.3, -0.25) is 14.9 Å². The number of aryl methyl sites for hydroxylation is 1. The summed E-state index contributed by atoms with van der Waals surface area (Å²) >= 11 is 0. The van der Waals surface area contributed by atoms with Gasteiger partial charge in [0.15, 0.2) is 0 Å². The predicted octanol–water partition coefficient (Wildman–Crippen LogP) is 5.28. The highest BCUT2D eigenvalue weighted by Crippen LogP contribution is 2.41. The number of hydrogen-bond donors (Lipinski definition) is 3. The van der Waals surface area contributed by atoms with E-state index in [4.69, 9.17) is 14.2 Å². The lowest BCUT2D eigenvalue weighted by molar-refractivity contribution is -0.0203. The highest BCUT2D eigenvalue weighted by molar-refractivity contribution is 5.94. The summed E-state index contributed by atoms with van der Waals surface area (Å²) in [5, 5.41) is 10.4. The zero-order valence-electron chi connectivity index (χ0n) is 21.7. The van der Waals surface area contributed by atoms with E-state index in [0.717, 1.165) is 79.6 Å². The Morgan fingerprint density at radius 2 is 2.03 bits per heavy atom. The number of rotatable bonds is 4. The van der Waals surface area contributed by atoms with Crippen LogP contribution in [-0.2, 0) is 11.3 Å². The predicted molar refractivity (Wildman–Crippen MR) is 141 cm³/mol. The topological polar surface area (TPSA) is 96.1 Å². The van der Waals surface area contributed by atoms with E-state index in [0.29, 0.717) is 24.5 Å². The SMILES string of the molecule is COc1cc(C)c2[nH]ccc2c1CN1CC[C@H]2C[C@H]1c1ccc(C(=O)NO)cc1OCCCCCCO2. The van der Waals surface area contributed by atoms with Crippen LogP contribution in [0.3, 0.4) is 0 Å². The van der Waals surface area contributed by atoms with Gasteiger partial charge in [-0.15, -0.1) is 0 Å². The lowest BCUT2D eigenvalue weighted by Gasteiger charge is -2.40. The van der Waals surface area contributed by atoms with Crippen molar-refractivity contribution in [3.8, 4) is 11.5 Å². The number of carbonyl (C=O) groups is 1. The van der Waals surface area contributed by atoms with Gasteiger partial charge in [0.1, 0.15) is 11.5 Å². The van der Waals surface area contributed by atoms with Crippen LogP contribution in [0.15, 0.2) is 36.5 Å². The molecule has 37 heavy (non-hydrogen) atoms. The lowest BCUT2D eigenvalue weighted by Crippen LogP contribution is -2.39. The van der Waals surface area contributed by atoms with Crippen LogP contribution in [-0.4, -0.2) is 54.0 Å². The van der Waals surface area contributed by atoms with Crippen molar-refractivity contribution < 1.29 is 24.2 Å². The number of aromatic nitrogens is 1. The third-order valence-electron chi connectivity index (χ3n) is 7.74. The smallest absolute Gasteiger partial charge is 0.274 e. The molecular formula is C29H37N3O5. The molecule has 1 aromatic heterocycles. The van der Waals surface area contributed by atoms with Crippen LogP contribution >= 0.6 is 0 Å². The minimum absolute atomic E-state index is 0.0424. The molecule has 8 nitrogen and oxygen atoms in total. The molecule has 2 bridgehead atoms. The molecule has 1 saturated heterocycles. The fourth-order valence-electron chi connectivity index (χ4n) is 5.76. The molecule has 3 N–H and O–H groups in total. The van der Waals surface area contributed by atoms with E-state index < -0.39 is 5.91 Å². The molecule has 0 radical (unpaired) electrons. The zero-order valence-corrected chi connectivity index (χ0v) is 21.7. The van der Waals surface area contributed by atoms with Gasteiger partial charge in [0.05, 0.1) is 19.8 Å². The Morgan fingerprint density at radius 1 is 1.19 bits per heavy atom. The molecular weight excluding hydrogens is 470 g/mol. The van der Waals surface area contributed by atoms with Gasteiger partial charge in [0, 0.05) is 59.5 Å². The summed E-state index contributed by atoms with van der Waals surface area (Å²) in [6.45, 7) is 5.06. The number of amides is 1. The number of carbonyl (C=O) groups excluding carboxylic acids is 1. The summed E-state index contributed by atoms with van der Waals surface area (Å²) in [7, 11) is 1.73. The molecule has 1 amide bonds. The fourth-order valence-corrected chi connectivity index (χ4v) is 5.76. The second-order valence-corrected chi connectivity index (χ2v) is 10.1. The third-order valence-corrected chi connectivity index (χ3v) is 7.74. The van der Waals surface area contributed by atoms with Gasteiger partial charge in [0.2, 0.25) is 0 Å². The first-order valence-corrected chi connectivity index (χ1v) is 13.3. The van der Waals surface area contributed by atoms with Crippen molar-refractivity contribution in [3.05, 3.63) is 58.8 Å². The van der Waals surface area contributed by atoms with Crippen LogP contribution in [0.25, 0.3) is 10.9 Å².